The molecule has 0 N–H and O–H groups in total. The third-order valence-corrected chi connectivity index (χ3v) is 5.39. The normalized spacial score (nSPS) is 16.8. The van der Waals surface area contributed by atoms with Gasteiger partial charge in [-0.15, -0.1) is 0 Å². The summed E-state index contributed by atoms with van der Waals surface area (Å²) in [6.45, 7) is 1.53. The standard InChI is InChI=1S/C21H24N4O2/c1-24-19-13-22-10-8-18(19)23-21(24)16-9-11-25(14-16)20(26)7-6-15-4-3-5-17(12-15)27-2/h3-5,8,10,12-13,16H,6-7,9,11,14H2,1-2H3. The van der Waals surface area contributed by atoms with Crippen molar-refractivity contribution in [2.75, 3.05) is 20.2 Å². The van der Waals surface area contributed by atoms with Gasteiger partial charge in [-0.05, 0) is 36.6 Å². The Morgan fingerprint density at radius 1 is 1.33 bits per heavy atom. The maximum atomic E-state index is 12.7. The van der Waals surface area contributed by atoms with Crippen molar-refractivity contribution in [3.8, 4) is 5.75 Å². The molecule has 2 aromatic heterocycles. The molecule has 1 atom stereocenters. The molecule has 3 aromatic rings. The molecule has 1 saturated heterocycles. The Balaban J connectivity index is 1.39. The van der Waals surface area contributed by atoms with Crippen LogP contribution in [0.5, 0.6) is 5.75 Å². The molecule has 3 heterocycles. The minimum atomic E-state index is 0.209. The van der Waals surface area contributed by atoms with Crippen LogP contribution in [0.15, 0.2) is 42.7 Å². The highest BCUT2D eigenvalue weighted by Gasteiger charge is 2.30. The van der Waals surface area contributed by atoms with Crippen LogP contribution >= 0.6 is 0 Å². The molecular weight excluding hydrogens is 340 g/mol. The van der Waals surface area contributed by atoms with Gasteiger partial charge in [-0.25, -0.2) is 4.98 Å². The van der Waals surface area contributed by atoms with Gasteiger partial charge in [0.05, 0.1) is 24.3 Å². The van der Waals surface area contributed by atoms with Crippen molar-refractivity contribution >= 4 is 16.9 Å². The molecule has 140 valence electrons. The van der Waals surface area contributed by atoms with E-state index in [1.807, 2.05) is 48.5 Å². The van der Waals surface area contributed by atoms with Crippen LogP contribution < -0.4 is 4.74 Å². The Labute approximate surface area is 158 Å². The van der Waals surface area contributed by atoms with Gasteiger partial charge < -0.3 is 14.2 Å². The molecular formula is C21H24N4O2. The largest absolute Gasteiger partial charge is 0.497 e. The summed E-state index contributed by atoms with van der Waals surface area (Å²) in [6, 6.07) is 9.85. The summed E-state index contributed by atoms with van der Waals surface area (Å²) in [6.07, 6.45) is 5.82. The first-order valence-electron chi connectivity index (χ1n) is 9.32. The van der Waals surface area contributed by atoms with Gasteiger partial charge in [0.15, 0.2) is 0 Å². The lowest BCUT2D eigenvalue weighted by Gasteiger charge is -2.16. The van der Waals surface area contributed by atoms with Gasteiger partial charge in [0.25, 0.3) is 0 Å². The molecule has 27 heavy (non-hydrogen) atoms. The summed E-state index contributed by atoms with van der Waals surface area (Å²) in [7, 11) is 3.69. The first-order chi connectivity index (χ1) is 13.2. The number of amides is 1. The van der Waals surface area contributed by atoms with Gasteiger partial charge in [0.1, 0.15) is 11.6 Å². The number of aromatic nitrogens is 3. The number of benzene rings is 1. The van der Waals surface area contributed by atoms with Crippen molar-refractivity contribution in [1.29, 1.82) is 0 Å². The average Bonchev–Trinajstić information content (AvgIpc) is 3.32. The number of rotatable bonds is 5. The summed E-state index contributed by atoms with van der Waals surface area (Å²) in [5, 5.41) is 0. The second-order valence-electron chi connectivity index (χ2n) is 7.07. The van der Waals surface area contributed by atoms with E-state index < -0.39 is 0 Å². The van der Waals surface area contributed by atoms with Crippen molar-refractivity contribution < 1.29 is 9.53 Å². The maximum Gasteiger partial charge on any atom is 0.222 e. The zero-order valence-electron chi connectivity index (χ0n) is 15.8. The predicted octanol–water partition coefficient (Wildman–Crippen LogP) is 2.93. The fraction of sp³-hybridized carbons (Fsp3) is 0.381. The van der Waals surface area contributed by atoms with Crippen molar-refractivity contribution in [3.63, 3.8) is 0 Å². The van der Waals surface area contributed by atoms with Crippen molar-refractivity contribution in [2.24, 2.45) is 7.05 Å². The Kier molecular flexibility index (Phi) is 4.79. The molecule has 0 radical (unpaired) electrons. The first kappa shape index (κ1) is 17.5. The number of nitrogens with zero attached hydrogens (tertiary/aromatic N) is 4. The lowest BCUT2D eigenvalue weighted by Crippen LogP contribution is -2.28. The van der Waals surface area contributed by atoms with E-state index in [-0.39, 0.29) is 11.8 Å². The quantitative estimate of drug-likeness (QED) is 0.698. The fourth-order valence-corrected chi connectivity index (χ4v) is 3.85. The number of methoxy groups -OCH3 is 1. The fourth-order valence-electron chi connectivity index (χ4n) is 3.85. The lowest BCUT2D eigenvalue weighted by atomic mass is 10.1. The van der Waals surface area contributed by atoms with Gasteiger partial charge in [0.2, 0.25) is 5.91 Å². The summed E-state index contributed by atoms with van der Waals surface area (Å²) in [5.74, 6) is 2.36. The molecule has 0 bridgehead atoms. The molecule has 1 fully saturated rings. The number of hydrogen-bond acceptors (Lipinski definition) is 4. The second-order valence-corrected chi connectivity index (χ2v) is 7.07. The first-order valence-corrected chi connectivity index (χ1v) is 9.32. The summed E-state index contributed by atoms with van der Waals surface area (Å²) >= 11 is 0. The van der Waals surface area contributed by atoms with E-state index in [4.69, 9.17) is 9.72 Å². The number of hydrogen-bond donors (Lipinski definition) is 0. The molecule has 0 aliphatic carbocycles. The number of likely N-dealkylation sites (tertiary alicyclic amines) is 1. The number of pyridine rings is 1. The molecule has 1 unspecified atom stereocenters. The van der Waals surface area contributed by atoms with Crippen molar-refractivity contribution in [1.82, 2.24) is 19.4 Å². The van der Waals surface area contributed by atoms with Crippen molar-refractivity contribution in [3.05, 3.63) is 54.1 Å². The van der Waals surface area contributed by atoms with Gasteiger partial charge in [0, 0.05) is 38.7 Å². The van der Waals surface area contributed by atoms with E-state index >= 15 is 0 Å². The van der Waals surface area contributed by atoms with Crippen LogP contribution in [0.3, 0.4) is 0 Å². The summed E-state index contributed by atoms with van der Waals surface area (Å²) in [4.78, 5) is 23.6. The lowest BCUT2D eigenvalue weighted by molar-refractivity contribution is -0.130. The minimum Gasteiger partial charge on any atom is -0.497 e. The van der Waals surface area contributed by atoms with Crippen LogP contribution in [0, 0.1) is 0 Å². The van der Waals surface area contributed by atoms with Crippen LogP contribution in [0.25, 0.3) is 11.0 Å². The number of imidazole rings is 1. The number of carbonyl (C=O) groups excluding carboxylic acids is 1. The highest BCUT2D eigenvalue weighted by atomic mass is 16.5. The Hall–Kier alpha value is -2.89. The van der Waals surface area contributed by atoms with Gasteiger partial charge in [-0.1, -0.05) is 12.1 Å². The van der Waals surface area contributed by atoms with E-state index in [1.54, 1.807) is 13.3 Å². The van der Waals surface area contributed by atoms with E-state index in [9.17, 15) is 4.79 Å². The molecule has 1 aromatic carbocycles. The zero-order valence-corrected chi connectivity index (χ0v) is 15.8. The number of ether oxygens (including phenoxy) is 1. The average molecular weight is 364 g/mol. The van der Waals surface area contributed by atoms with Gasteiger partial charge >= 0.3 is 0 Å². The molecule has 0 spiro atoms. The van der Waals surface area contributed by atoms with Crippen molar-refractivity contribution in [2.45, 2.75) is 25.2 Å². The van der Waals surface area contributed by atoms with Gasteiger partial charge in [-0.2, -0.15) is 0 Å². The molecule has 0 saturated carbocycles. The Morgan fingerprint density at radius 3 is 3.04 bits per heavy atom. The summed E-state index contributed by atoms with van der Waals surface area (Å²) in [5.41, 5.74) is 3.13. The molecule has 1 amide bonds. The number of carbonyl (C=O) groups is 1. The van der Waals surface area contributed by atoms with E-state index in [0.29, 0.717) is 6.42 Å². The minimum absolute atomic E-state index is 0.209. The maximum absolute atomic E-state index is 12.7. The third kappa shape index (κ3) is 3.52. The smallest absolute Gasteiger partial charge is 0.222 e. The van der Waals surface area contributed by atoms with E-state index in [1.165, 1.54) is 0 Å². The Bertz CT molecular complexity index is 966. The number of aryl methyl sites for hydroxylation is 2. The molecule has 6 heteroatoms. The molecule has 1 aliphatic rings. The van der Waals surface area contributed by atoms with Crippen LogP contribution in [0.2, 0.25) is 0 Å². The Morgan fingerprint density at radius 2 is 2.22 bits per heavy atom. The SMILES string of the molecule is COc1cccc(CCC(=O)N2CCC(c3nc4ccncc4n3C)C2)c1. The highest BCUT2D eigenvalue weighted by molar-refractivity contribution is 5.77. The third-order valence-electron chi connectivity index (χ3n) is 5.39. The topological polar surface area (TPSA) is 60.2 Å². The zero-order chi connectivity index (χ0) is 18.8. The van der Waals surface area contributed by atoms with Crippen LogP contribution in [-0.2, 0) is 18.3 Å². The van der Waals surface area contributed by atoms with E-state index in [0.717, 1.165) is 54.1 Å². The van der Waals surface area contributed by atoms with E-state index in [2.05, 4.69) is 9.55 Å². The van der Waals surface area contributed by atoms with Crippen LogP contribution in [0.1, 0.15) is 30.1 Å². The number of fused-ring (bicyclic) bond motifs is 1. The molecule has 4 rings (SSSR count). The monoisotopic (exact) mass is 364 g/mol. The summed E-state index contributed by atoms with van der Waals surface area (Å²) < 4.78 is 7.36. The van der Waals surface area contributed by atoms with Crippen LogP contribution in [0.4, 0.5) is 0 Å². The van der Waals surface area contributed by atoms with Crippen LogP contribution in [-0.4, -0.2) is 45.5 Å². The highest BCUT2D eigenvalue weighted by Crippen LogP contribution is 2.29. The predicted molar refractivity (Wildman–Crippen MR) is 104 cm³/mol. The molecule has 6 nitrogen and oxygen atoms in total. The second kappa shape index (κ2) is 7.39. The van der Waals surface area contributed by atoms with Gasteiger partial charge in [-0.3, -0.25) is 9.78 Å². The molecule has 1 aliphatic heterocycles.